The van der Waals surface area contributed by atoms with Crippen LogP contribution in [0.3, 0.4) is 0 Å². The molecule has 1 aliphatic carbocycles. The average molecular weight is 336 g/mol. The van der Waals surface area contributed by atoms with Gasteiger partial charge >= 0.3 is 0 Å². The van der Waals surface area contributed by atoms with Crippen LogP contribution in [0.25, 0.3) is 0 Å². The predicted molar refractivity (Wildman–Crippen MR) is 84.1 cm³/mol. The molecule has 1 saturated heterocycles. The van der Waals surface area contributed by atoms with Crippen LogP contribution in [0.5, 0.6) is 0 Å². The zero-order valence-electron chi connectivity index (χ0n) is 14.0. The molecule has 0 radical (unpaired) electrons. The Hall–Kier alpha value is -1.80. The number of hydrogen-bond donors (Lipinski definition) is 1. The van der Waals surface area contributed by atoms with Crippen LogP contribution in [0.4, 0.5) is 0 Å². The number of likely N-dealkylation sites (tertiary alicyclic amines) is 1. The van der Waals surface area contributed by atoms with Gasteiger partial charge in [0.1, 0.15) is 0 Å². The highest BCUT2D eigenvalue weighted by Gasteiger charge is 2.37. The van der Waals surface area contributed by atoms with Crippen molar-refractivity contribution in [3.05, 3.63) is 11.7 Å². The van der Waals surface area contributed by atoms with Crippen molar-refractivity contribution < 1.29 is 19.2 Å². The molecule has 1 N–H and O–H groups in total. The number of aliphatic hydroxyl groups excluding tert-OH is 1. The Morgan fingerprint density at radius 1 is 1.29 bits per heavy atom. The second-order valence-electron chi connectivity index (χ2n) is 6.57. The summed E-state index contributed by atoms with van der Waals surface area (Å²) in [5.41, 5.74) is 0. The number of hydrogen-bond acceptors (Lipinski definition) is 7. The normalized spacial score (nSPS) is 21.8. The number of amides is 1. The summed E-state index contributed by atoms with van der Waals surface area (Å²) in [5, 5.41) is 13.3. The van der Waals surface area contributed by atoms with Crippen LogP contribution in [0.2, 0.25) is 0 Å². The third-order valence-electron chi connectivity index (χ3n) is 4.98. The summed E-state index contributed by atoms with van der Waals surface area (Å²) < 4.78 is 4.86. The highest BCUT2D eigenvalue weighted by molar-refractivity contribution is 5.99. The maximum atomic E-state index is 12.7. The lowest BCUT2D eigenvalue weighted by Crippen LogP contribution is -2.48. The van der Waals surface area contributed by atoms with Crippen molar-refractivity contribution in [2.45, 2.75) is 57.5 Å². The van der Waals surface area contributed by atoms with E-state index in [-0.39, 0.29) is 36.8 Å². The van der Waals surface area contributed by atoms with E-state index in [2.05, 4.69) is 10.1 Å². The molecular weight excluding hydrogens is 312 g/mol. The second kappa shape index (κ2) is 7.40. The van der Waals surface area contributed by atoms with Crippen LogP contribution in [-0.2, 0) is 4.79 Å². The lowest BCUT2D eigenvalue weighted by Gasteiger charge is -2.29. The Morgan fingerprint density at radius 3 is 2.67 bits per heavy atom. The van der Waals surface area contributed by atoms with Crippen molar-refractivity contribution in [3.63, 3.8) is 0 Å². The van der Waals surface area contributed by atoms with Crippen molar-refractivity contribution in [2.24, 2.45) is 0 Å². The molecule has 132 valence electrons. The molecule has 8 nitrogen and oxygen atoms in total. The first-order valence-electron chi connectivity index (χ1n) is 8.59. The summed E-state index contributed by atoms with van der Waals surface area (Å²) in [5.74, 6) is -0.0185. The maximum Gasteiger partial charge on any atom is 0.240 e. The number of carbonyl (C=O) groups excluding carboxylic acids is 2. The van der Waals surface area contributed by atoms with Gasteiger partial charge < -0.3 is 14.5 Å². The van der Waals surface area contributed by atoms with Crippen LogP contribution in [0.1, 0.15) is 55.0 Å². The summed E-state index contributed by atoms with van der Waals surface area (Å²) in [6.07, 6.45) is 5.69. The zero-order chi connectivity index (χ0) is 17.1. The Bertz CT molecular complexity index is 597. The van der Waals surface area contributed by atoms with Gasteiger partial charge in [0.05, 0.1) is 19.3 Å². The second-order valence-corrected chi connectivity index (χ2v) is 6.57. The zero-order valence-corrected chi connectivity index (χ0v) is 14.0. The van der Waals surface area contributed by atoms with Gasteiger partial charge in [-0.25, -0.2) is 0 Å². The third kappa shape index (κ3) is 3.49. The average Bonchev–Trinajstić information content (AvgIpc) is 3.31. The molecule has 0 spiro atoms. The molecule has 8 heteroatoms. The van der Waals surface area contributed by atoms with E-state index >= 15 is 0 Å². The molecule has 1 atom stereocenters. The minimum atomic E-state index is -0.529. The molecule has 1 amide bonds. The minimum Gasteiger partial charge on any atom is -0.381 e. The fourth-order valence-electron chi connectivity index (χ4n) is 3.71. The molecule has 2 fully saturated rings. The summed E-state index contributed by atoms with van der Waals surface area (Å²) in [6, 6.07) is -0.269. The van der Waals surface area contributed by atoms with Crippen LogP contribution in [0.15, 0.2) is 4.52 Å². The molecule has 3 rings (SSSR count). The van der Waals surface area contributed by atoms with Gasteiger partial charge in [0.25, 0.3) is 0 Å². The molecule has 2 aliphatic rings. The molecule has 1 aliphatic heterocycles. The summed E-state index contributed by atoms with van der Waals surface area (Å²) in [7, 11) is 0. The largest absolute Gasteiger partial charge is 0.381 e. The Labute approximate surface area is 140 Å². The Kier molecular flexibility index (Phi) is 5.25. The number of ketones is 1. The van der Waals surface area contributed by atoms with Gasteiger partial charge in [-0.1, -0.05) is 18.0 Å². The highest BCUT2D eigenvalue weighted by Crippen LogP contribution is 2.25. The van der Waals surface area contributed by atoms with Crippen LogP contribution in [-0.4, -0.2) is 68.6 Å². The number of aliphatic hydroxyl groups is 1. The molecule has 1 aromatic heterocycles. The van der Waals surface area contributed by atoms with Gasteiger partial charge in [-0.3, -0.25) is 14.5 Å². The molecule has 24 heavy (non-hydrogen) atoms. The quantitative estimate of drug-likeness (QED) is 0.604. The van der Waals surface area contributed by atoms with Gasteiger partial charge in [0.2, 0.25) is 23.4 Å². The molecule has 1 saturated carbocycles. The van der Waals surface area contributed by atoms with Gasteiger partial charge in [0, 0.05) is 19.5 Å². The minimum absolute atomic E-state index is 0.0343. The first-order valence-corrected chi connectivity index (χ1v) is 8.59. The van der Waals surface area contributed by atoms with Gasteiger partial charge in [-0.2, -0.15) is 4.98 Å². The lowest BCUT2D eigenvalue weighted by molar-refractivity contribution is -0.134. The van der Waals surface area contributed by atoms with E-state index in [1.807, 2.05) is 4.90 Å². The molecule has 2 heterocycles. The Morgan fingerprint density at radius 2 is 2.04 bits per heavy atom. The lowest BCUT2D eigenvalue weighted by atomic mass is 10.1. The van der Waals surface area contributed by atoms with Gasteiger partial charge in [0.15, 0.2) is 0 Å². The molecule has 1 unspecified atom stereocenters. The van der Waals surface area contributed by atoms with E-state index in [0.717, 1.165) is 32.1 Å². The number of aryl methyl sites for hydroxylation is 1. The predicted octanol–water partition coefficient (Wildman–Crippen LogP) is 0.746. The van der Waals surface area contributed by atoms with Gasteiger partial charge in [-0.05, 0) is 25.7 Å². The highest BCUT2D eigenvalue weighted by atomic mass is 16.5. The van der Waals surface area contributed by atoms with E-state index < -0.39 is 6.04 Å². The van der Waals surface area contributed by atoms with E-state index in [4.69, 9.17) is 4.52 Å². The summed E-state index contributed by atoms with van der Waals surface area (Å²) in [4.78, 5) is 32.6. The fourth-order valence-corrected chi connectivity index (χ4v) is 3.71. The van der Waals surface area contributed by atoms with E-state index in [9.17, 15) is 14.7 Å². The molecule has 0 aromatic carbocycles. The van der Waals surface area contributed by atoms with E-state index in [0.29, 0.717) is 18.9 Å². The van der Waals surface area contributed by atoms with Crippen molar-refractivity contribution in [2.75, 3.05) is 19.8 Å². The molecule has 1 aromatic rings. The molecular formula is C16H24N4O4. The molecule has 0 bridgehead atoms. The smallest absolute Gasteiger partial charge is 0.240 e. The topological polar surface area (TPSA) is 99.8 Å². The third-order valence-corrected chi connectivity index (χ3v) is 4.98. The van der Waals surface area contributed by atoms with E-state index in [1.165, 1.54) is 0 Å². The van der Waals surface area contributed by atoms with Crippen molar-refractivity contribution >= 4 is 11.7 Å². The van der Waals surface area contributed by atoms with Crippen molar-refractivity contribution in [3.8, 4) is 0 Å². The fraction of sp³-hybridized carbons (Fsp3) is 0.750. The van der Waals surface area contributed by atoms with Crippen LogP contribution < -0.4 is 0 Å². The van der Waals surface area contributed by atoms with Crippen molar-refractivity contribution in [1.29, 1.82) is 0 Å². The van der Waals surface area contributed by atoms with E-state index in [1.54, 1.807) is 11.8 Å². The number of Topliss-reactive ketones (excluding diaryl/α,β-unsaturated/α-hetero) is 1. The first-order chi connectivity index (χ1) is 11.6. The van der Waals surface area contributed by atoms with Crippen LogP contribution in [0, 0.1) is 6.92 Å². The SMILES string of the molecule is Cc1nc(C(=O)C2CCCN2C(=O)CN(CO)C2CCCC2)no1. The van der Waals surface area contributed by atoms with Crippen LogP contribution >= 0.6 is 0 Å². The summed E-state index contributed by atoms with van der Waals surface area (Å²) in [6.45, 7) is 2.20. The standard InChI is InChI=1S/C16H24N4O4/c1-11-17-16(18-24-11)15(23)13-7-4-8-20(13)14(22)9-19(10-21)12-5-2-3-6-12/h12-13,21H,2-10H2,1H3. The number of aromatic nitrogens is 2. The first kappa shape index (κ1) is 17.0. The maximum absolute atomic E-state index is 12.7. The number of rotatable bonds is 6. The summed E-state index contributed by atoms with van der Waals surface area (Å²) >= 11 is 0. The monoisotopic (exact) mass is 336 g/mol. The Balaban J connectivity index is 1.65. The van der Waals surface area contributed by atoms with Crippen molar-refractivity contribution in [1.82, 2.24) is 19.9 Å². The van der Waals surface area contributed by atoms with Gasteiger partial charge in [-0.15, -0.1) is 0 Å². The number of carbonyl (C=O) groups is 2. The number of nitrogens with zero attached hydrogens (tertiary/aromatic N) is 4.